The minimum absolute atomic E-state index is 0.0453. The third-order valence-electron chi connectivity index (χ3n) is 3.99. The number of benzene rings is 1. The second kappa shape index (κ2) is 7.53. The Morgan fingerprint density at radius 3 is 2.57 bits per heavy atom. The molecule has 1 aromatic carbocycles. The van der Waals surface area contributed by atoms with Crippen molar-refractivity contribution in [3.05, 3.63) is 69.0 Å². The fourth-order valence-electron chi connectivity index (χ4n) is 2.65. The van der Waals surface area contributed by atoms with Crippen LogP contribution in [0.3, 0.4) is 0 Å². The van der Waals surface area contributed by atoms with E-state index in [0.717, 1.165) is 18.2 Å². The van der Waals surface area contributed by atoms with Gasteiger partial charge in [-0.3, -0.25) is 4.79 Å². The van der Waals surface area contributed by atoms with Gasteiger partial charge >= 0.3 is 6.18 Å². The number of carbonyl (C=O) groups excluding carboxylic acids is 1. The summed E-state index contributed by atoms with van der Waals surface area (Å²) in [7, 11) is 0. The van der Waals surface area contributed by atoms with Gasteiger partial charge in [-0.2, -0.15) is 18.3 Å². The molecule has 0 radical (unpaired) electrons. The molecule has 3 aromatic heterocycles. The van der Waals surface area contributed by atoms with E-state index < -0.39 is 29.3 Å². The molecular formula is C18H8Cl2F4N4OS. The summed E-state index contributed by atoms with van der Waals surface area (Å²) in [5.41, 5.74) is -1.77. The van der Waals surface area contributed by atoms with E-state index in [9.17, 15) is 22.4 Å². The fraction of sp³-hybridized carbons (Fsp3) is 0.0556. The molecule has 154 valence electrons. The normalized spacial score (nSPS) is 11.8. The average molecular weight is 475 g/mol. The SMILES string of the molecule is O=C(Nc1ccc(F)c(Cl)c1)c1nn2c(C(F)(F)F)cc(-c3cccs3)nc2c1Cl. The summed E-state index contributed by atoms with van der Waals surface area (Å²) < 4.78 is 54.7. The molecule has 0 aliphatic heterocycles. The molecule has 0 fully saturated rings. The molecule has 12 heteroatoms. The Hall–Kier alpha value is -2.69. The lowest BCUT2D eigenvalue weighted by Gasteiger charge is -2.10. The van der Waals surface area contributed by atoms with Gasteiger partial charge in [-0.05, 0) is 35.7 Å². The van der Waals surface area contributed by atoms with Gasteiger partial charge in [0.25, 0.3) is 5.91 Å². The van der Waals surface area contributed by atoms with Crippen LogP contribution < -0.4 is 5.32 Å². The predicted molar refractivity (Wildman–Crippen MR) is 106 cm³/mol. The summed E-state index contributed by atoms with van der Waals surface area (Å²) in [5.74, 6) is -1.60. The first-order chi connectivity index (χ1) is 14.1. The number of aromatic nitrogens is 3. The van der Waals surface area contributed by atoms with Crippen LogP contribution in [0.4, 0.5) is 23.2 Å². The zero-order valence-corrected chi connectivity index (χ0v) is 16.8. The lowest BCUT2D eigenvalue weighted by Crippen LogP contribution is -2.15. The van der Waals surface area contributed by atoms with E-state index in [0.29, 0.717) is 9.39 Å². The quantitative estimate of drug-likeness (QED) is 0.361. The number of rotatable bonds is 3. The van der Waals surface area contributed by atoms with E-state index in [4.69, 9.17) is 23.2 Å². The smallest absolute Gasteiger partial charge is 0.320 e. The number of fused-ring (bicyclic) bond motifs is 1. The Labute approximate surface area is 179 Å². The van der Waals surface area contributed by atoms with Gasteiger partial charge in [0.15, 0.2) is 17.0 Å². The number of thiophene rings is 1. The second-order valence-electron chi connectivity index (χ2n) is 5.98. The van der Waals surface area contributed by atoms with Crippen molar-refractivity contribution in [1.29, 1.82) is 0 Å². The lowest BCUT2D eigenvalue weighted by molar-refractivity contribution is -0.142. The van der Waals surface area contributed by atoms with E-state index in [-0.39, 0.29) is 27.1 Å². The molecule has 0 saturated carbocycles. The maximum Gasteiger partial charge on any atom is 0.433 e. The van der Waals surface area contributed by atoms with E-state index in [1.807, 2.05) is 0 Å². The molecule has 30 heavy (non-hydrogen) atoms. The highest BCUT2D eigenvalue weighted by molar-refractivity contribution is 7.13. The molecule has 4 aromatic rings. The highest BCUT2D eigenvalue weighted by atomic mass is 35.5. The fourth-order valence-corrected chi connectivity index (χ4v) is 3.77. The highest BCUT2D eigenvalue weighted by Crippen LogP contribution is 2.35. The van der Waals surface area contributed by atoms with Gasteiger partial charge in [0, 0.05) is 5.69 Å². The third-order valence-corrected chi connectivity index (χ3v) is 5.52. The first-order valence-electron chi connectivity index (χ1n) is 8.12. The van der Waals surface area contributed by atoms with Crippen LogP contribution in [0, 0.1) is 5.82 Å². The van der Waals surface area contributed by atoms with Crippen molar-refractivity contribution in [2.45, 2.75) is 6.18 Å². The number of hydrogen-bond donors (Lipinski definition) is 1. The average Bonchev–Trinajstić information content (AvgIpc) is 3.32. The topological polar surface area (TPSA) is 59.3 Å². The Kier molecular flexibility index (Phi) is 5.16. The molecule has 4 rings (SSSR count). The van der Waals surface area contributed by atoms with Crippen LogP contribution in [0.25, 0.3) is 16.2 Å². The summed E-state index contributed by atoms with van der Waals surface area (Å²) in [5, 5.41) is 7.19. The number of hydrogen-bond acceptors (Lipinski definition) is 4. The first kappa shape index (κ1) is 20.6. The van der Waals surface area contributed by atoms with Crippen LogP contribution in [0.2, 0.25) is 10.0 Å². The molecule has 0 saturated heterocycles. The van der Waals surface area contributed by atoms with Crippen molar-refractivity contribution in [1.82, 2.24) is 14.6 Å². The maximum absolute atomic E-state index is 13.6. The monoisotopic (exact) mass is 474 g/mol. The summed E-state index contributed by atoms with van der Waals surface area (Å²) in [6, 6.07) is 7.52. The number of carbonyl (C=O) groups is 1. The van der Waals surface area contributed by atoms with Crippen LogP contribution in [-0.4, -0.2) is 20.5 Å². The van der Waals surface area contributed by atoms with Crippen LogP contribution in [0.15, 0.2) is 41.8 Å². The van der Waals surface area contributed by atoms with Gasteiger partial charge in [-0.25, -0.2) is 13.9 Å². The standard InChI is InChI=1S/C18H8Cl2F4N4OS/c19-9-6-8(3-4-10(9)21)25-17(29)15-14(20)16-26-11(12-2-1-5-30-12)7-13(18(22,23)24)28(16)27-15/h1-7H,(H,25,29). The first-order valence-corrected chi connectivity index (χ1v) is 9.75. The number of amides is 1. The number of halogens is 6. The number of nitrogens with one attached hydrogen (secondary N) is 1. The number of nitrogens with zero attached hydrogens (tertiary/aromatic N) is 3. The largest absolute Gasteiger partial charge is 0.433 e. The predicted octanol–water partition coefficient (Wildman–Crippen LogP) is 6.17. The lowest BCUT2D eigenvalue weighted by atomic mass is 10.2. The Balaban J connectivity index is 1.82. The van der Waals surface area contributed by atoms with Crippen LogP contribution in [-0.2, 0) is 6.18 Å². The molecule has 0 unspecified atom stereocenters. The minimum atomic E-state index is -4.78. The molecule has 1 N–H and O–H groups in total. The number of alkyl halides is 3. The van der Waals surface area contributed by atoms with E-state index in [1.165, 1.54) is 17.4 Å². The van der Waals surface area contributed by atoms with Crippen molar-refractivity contribution in [3.63, 3.8) is 0 Å². The molecule has 1 amide bonds. The maximum atomic E-state index is 13.6. The zero-order valence-electron chi connectivity index (χ0n) is 14.5. The molecule has 0 aliphatic rings. The second-order valence-corrected chi connectivity index (χ2v) is 7.72. The molecule has 5 nitrogen and oxygen atoms in total. The van der Waals surface area contributed by atoms with Crippen molar-refractivity contribution >= 4 is 51.8 Å². The third kappa shape index (κ3) is 3.73. The molecule has 0 aliphatic carbocycles. The Morgan fingerprint density at radius 1 is 1.17 bits per heavy atom. The summed E-state index contributed by atoms with van der Waals surface area (Å²) in [6.45, 7) is 0. The van der Waals surface area contributed by atoms with Gasteiger partial charge in [0.1, 0.15) is 10.8 Å². The van der Waals surface area contributed by atoms with Crippen molar-refractivity contribution in [2.24, 2.45) is 0 Å². The minimum Gasteiger partial charge on any atom is -0.320 e. The van der Waals surface area contributed by atoms with Gasteiger partial charge in [0.05, 0.1) is 15.6 Å². The highest BCUT2D eigenvalue weighted by Gasteiger charge is 2.36. The van der Waals surface area contributed by atoms with E-state index in [1.54, 1.807) is 17.5 Å². The zero-order chi connectivity index (χ0) is 21.6. The van der Waals surface area contributed by atoms with Crippen LogP contribution in [0.1, 0.15) is 16.2 Å². The van der Waals surface area contributed by atoms with Crippen molar-refractivity contribution in [3.8, 4) is 10.6 Å². The van der Waals surface area contributed by atoms with Gasteiger partial charge in [-0.1, -0.05) is 29.3 Å². The van der Waals surface area contributed by atoms with Gasteiger partial charge in [-0.15, -0.1) is 11.3 Å². The van der Waals surface area contributed by atoms with Crippen LogP contribution in [0.5, 0.6) is 0 Å². The van der Waals surface area contributed by atoms with E-state index >= 15 is 0 Å². The summed E-state index contributed by atoms with van der Waals surface area (Å²) in [4.78, 5) is 17.2. The molecule has 0 atom stereocenters. The van der Waals surface area contributed by atoms with Crippen LogP contribution >= 0.6 is 34.5 Å². The summed E-state index contributed by atoms with van der Waals surface area (Å²) >= 11 is 13.0. The molecule has 3 heterocycles. The molecule has 0 spiro atoms. The van der Waals surface area contributed by atoms with Gasteiger partial charge < -0.3 is 5.32 Å². The van der Waals surface area contributed by atoms with Crippen molar-refractivity contribution < 1.29 is 22.4 Å². The number of anilines is 1. The Morgan fingerprint density at radius 2 is 1.93 bits per heavy atom. The van der Waals surface area contributed by atoms with Crippen molar-refractivity contribution in [2.75, 3.05) is 5.32 Å². The van der Waals surface area contributed by atoms with E-state index in [2.05, 4.69) is 15.4 Å². The Bertz CT molecular complexity index is 1270. The summed E-state index contributed by atoms with van der Waals surface area (Å²) in [6.07, 6.45) is -4.78. The molecular weight excluding hydrogens is 467 g/mol. The van der Waals surface area contributed by atoms with Gasteiger partial charge in [0.2, 0.25) is 0 Å². The molecule has 0 bridgehead atoms.